The lowest BCUT2D eigenvalue weighted by atomic mass is 9.99. The summed E-state index contributed by atoms with van der Waals surface area (Å²) in [6.45, 7) is 10.3. The maximum atomic E-state index is 13.0. The van der Waals surface area contributed by atoms with Gasteiger partial charge in [-0.25, -0.2) is 14.8 Å². The average molecular weight is 477 g/mol. The van der Waals surface area contributed by atoms with Crippen LogP contribution < -0.4 is 0 Å². The number of amides is 1. The molecule has 32 heavy (non-hydrogen) atoms. The molecule has 0 saturated carbocycles. The molecule has 4 rings (SSSR count). The molecule has 1 atom stereocenters. The van der Waals surface area contributed by atoms with Crippen LogP contribution in [0.2, 0.25) is 10.3 Å². The second-order valence-electron chi connectivity index (χ2n) is 9.49. The first-order chi connectivity index (χ1) is 15.0. The van der Waals surface area contributed by atoms with Crippen molar-refractivity contribution in [2.75, 3.05) is 13.2 Å². The zero-order chi connectivity index (χ0) is 23.3. The van der Waals surface area contributed by atoms with Crippen LogP contribution in [0.4, 0.5) is 4.79 Å². The lowest BCUT2D eigenvalue weighted by Crippen LogP contribution is -2.53. The Balaban J connectivity index is 1.66. The fraction of sp³-hybridized carbons (Fsp3) is 0.435. The molecule has 1 aromatic carbocycles. The van der Waals surface area contributed by atoms with Crippen LogP contribution >= 0.6 is 23.2 Å². The van der Waals surface area contributed by atoms with E-state index in [0.29, 0.717) is 34.5 Å². The molecule has 0 aliphatic carbocycles. The minimum atomic E-state index is -0.580. The standard InChI is InChI=1S/C23H26Cl2N4O3/c1-22(2,3)32-21(30)28-12-23(4,5)31-11-17(28)14-6-8-15(9-7-14)29-18(24)10-16-19(25)26-13-27-20(16)29/h6-10,13,17H,11-12H2,1-5H3. The summed E-state index contributed by atoms with van der Waals surface area (Å²) in [6.07, 6.45) is 1.06. The number of ether oxygens (including phenoxy) is 2. The number of hydrogen-bond acceptors (Lipinski definition) is 5. The first kappa shape index (κ1) is 22.8. The zero-order valence-electron chi connectivity index (χ0n) is 18.7. The van der Waals surface area contributed by atoms with Gasteiger partial charge < -0.3 is 9.47 Å². The van der Waals surface area contributed by atoms with Gasteiger partial charge in [0.1, 0.15) is 22.2 Å². The Labute approximate surface area is 197 Å². The van der Waals surface area contributed by atoms with Crippen molar-refractivity contribution >= 4 is 40.3 Å². The molecule has 0 radical (unpaired) electrons. The Morgan fingerprint density at radius 2 is 1.88 bits per heavy atom. The quantitative estimate of drug-likeness (QED) is 0.436. The summed E-state index contributed by atoms with van der Waals surface area (Å²) in [4.78, 5) is 23.0. The number of hydrogen-bond donors (Lipinski definition) is 0. The van der Waals surface area contributed by atoms with Crippen LogP contribution in [-0.2, 0) is 9.47 Å². The van der Waals surface area contributed by atoms with Gasteiger partial charge in [-0.15, -0.1) is 0 Å². The van der Waals surface area contributed by atoms with Gasteiger partial charge in [-0.3, -0.25) is 9.47 Å². The number of carbonyl (C=O) groups is 1. The van der Waals surface area contributed by atoms with Crippen molar-refractivity contribution in [2.45, 2.75) is 51.9 Å². The molecule has 3 aromatic rings. The van der Waals surface area contributed by atoms with Crippen LogP contribution in [0.5, 0.6) is 0 Å². The number of benzene rings is 1. The molecule has 3 heterocycles. The molecule has 0 N–H and O–H groups in total. The van der Waals surface area contributed by atoms with Gasteiger partial charge in [-0.05, 0) is 58.4 Å². The monoisotopic (exact) mass is 476 g/mol. The number of aromatic nitrogens is 3. The SMILES string of the molecule is CC(C)(C)OC(=O)N1CC(C)(C)OCC1c1ccc(-n2c(Cl)cc3c(Cl)ncnc32)cc1. The van der Waals surface area contributed by atoms with E-state index in [9.17, 15) is 4.79 Å². The Bertz CT molecular complexity index is 1150. The lowest BCUT2D eigenvalue weighted by molar-refractivity contribution is -0.114. The molecule has 1 fully saturated rings. The Morgan fingerprint density at radius 1 is 1.19 bits per heavy atom. The lowest BCUT2D eigenvalue weighted by Gasteiger charge is -2.44. The maximum Gasteiger partial charge on any atom is 0.410 e. The van der Waals surface area contributed by atoms with Gasteiger partial charge in [-0.1, -0.05) is 35.3 Å². The summed E-state index contributed by atoms with van der Waals surface area (Å²) in [7, 11) is 0. The molecule has 7 nitrogen and oxygen atoms in total. The third-order valence-corrected chi connectivity index (χ3v) is 5.81. The van der Waals surface area contributed by atoms with E-state index in [2.05, 4.69) is 9.97 Å². The number of rotatable bonds is 2. The van der Waals surface area contributed by atoms with Crippen molar-refractivity contribution in [1.82, 2.24) is 19.4 Å². The van der Waals surface area contributed by atoms with E-state index in [4.69, 9.17) is 32.7 Å². The summed E-state index contributed by atoms with van der Waals surface area (Å²) < 4.78 is 13.5. The van der Waals surface area contributed by atoms with Crippen LogP contribution in [0.3, 0.4) is 0 Å². The molecule has 170 valence electrons. The van der Waals surface area contributed by atoms with Crippen molar-refractivity contribution in [2.24, 2.45) is 0 Å². The van der Waals surface area contributed by atoms with Crippen molar-refractivity contribution < 1.29 is 14.3 Å². The highest BCUT2D eigenvalue weighted by Gasteiger charge is 2.39. The number of carbonyl (C=O) groups excluding carboxylic acids is 1. The Morgan fingerprint density at radius 3 is 2.53 bits per heavy atom. The molecule has 0 bridgehead atoms. The van der Waals surface area contributed by atoms with Gasteiger partial charge in [-0.2, -0.15) is 0 Å². The van der Waals surface area contributed by atoms with Crippen molar-refractivity contribution in [1.29, 1.82) is 0 Å². The van der Waals surface area contributed by atoms with Crippen LogP contribution in [0.15, 0.2) is 36.7 Å². The zero-order valence-corrected chi connectivity index (χ0v) is 20.2. The molecular formula is C23H26Cl2N4O3. The summed E-state index contributed by atoms with van der Waals surface area (Å²) >= 11 is 12.7. The van der Waals surface area contributed by atoms with Gasteiger partial charge >= 0.3 is 6.09 Å². The van der Waals surface area contributed by atoms with E-state index in [-0.39, 0.29) is 12.1 Å². The minimum absolute atomic E-state index is 0.263. The first-order valence-corrected chi connectivity index (χ1v) is 11.1. The maximum absolute atomic E-state index is 13.0. The summed E-state index contributed by atoms with van der Waals surface area (Å²) in [5.41, 5.74) is 1.35. The molecular weight excluding hydrogens is 451 g/mol. The van der Waals surface area contributed by atoms with E-state index >= 15 is 0 Å². The topological polar surface area (TPSA) is 69.5 Å². The largest absolute Gasteiger partial charge is 0.444 e. The minimum Gasteiger partial charge on any atom is -0.444 e. The number of nitrogens with zero attached hydrogens (tertiary/aromatic N) is 4. The molecule has 2 aromatic heterocycles. The van der Waals surface area contributed by atoms with Crippen LogP contribution in [0.25, 0.3) is 16.7 Å². The first-order valence-electron chi connectivity index (χ1n) is 10.4. The molecule has 9 heteroatoms. The molecule has 1 amide bonds. The van der Waals surface area contributed by atoms with Crippen LogP contribution in [0.1, 0.15) is 46.2 Å². The van der Waals surface area contributed by atoms with Gasteiger partial charge in [0.25, 0.3) is 0 Å². The highest BCUT2D eigenvalue weighted by molar-refractivity contribution is 6.36. The highest BCUT2D eigenvalue weighted by atomic mass is 35.5. The number of morpholine rings is 1. The predicted molar refractivity (Wildman–Crippen MR) is 125 cm³/mol. The van der Waals surface area contributed by atoms with E-state index in [1.165, 1.54) is 6.33 Å². The smallest absolute Gasteiger partial charge is 0.410 e. The van der Waals surface area contributed by atoms with Gasteiger partial charge in [0.05, 0.1) is 30.2 Å². The van der Waals surface area contributed by atoms with E-state index in [1.807, 2.05) is 58.9 Å². The van der Waals surface area contributed by atoms with Gasteiger partial charge in [0.2, 0.25) is 0 Å². The second kappa shape index (κ2) is 8.21. The van der Waals surface area contributed by atoms with Gasteiger partial charge in [0.15, 0.2) is 5.65 Å². The van der Waals surface area contributed by atoms with Crippen molar-refractivity contribution in [3.05, 3.63) is 52.5 Å². The summed E-state index contributed by atoms with van der Waals surface area (Å²) in [5.74, 6) is 0. The van der Waals surface area contributed by atoms with E-state index < -0.39 is 11.2 Å². The predicted octanol–water partition coefficient (Wildman–Crippen LogP) is 5.81. The molecule has 1 unspecified atom stereocenters. The fourth-order valence-electron chi connectivity index (χ4n) is 3.79. The van der Waals surface area contributed by atoms with Crippen LogP contribution in [-0.4, -0.2) is 49.9 Å². The van der Waals surface area contributed by atoms with Crippen molar-refractivity contribution in [3.8, 4) is 5.69 Å². The Hall–Kier alpha value is -2.35. The van der Waals surface area contributed by atoms with Gasteiger partial charge in [0, 0.05) is 5.69 Å². The molecule has 0 spiro atoms. The normalized spacial score (nSPS) is 18.7. The fourth-order valence-corrected chi connectivity index (χ4v) is 4.26. The third kappa shape index (κ3) is 4.56. The Kier molecular flexibility index (Phi) is 5.86. The summed E-state index contributed by atoms with van der Waals surface area (Å²) in [6, 6.07) is 9.27. The molecule has 1 aliphatic rings. The van der Waals surface area contributed by atoms with E-state index in [1.54, 1.807) is 15.5 Å². The second-order valence-corrected chi connectivity index (χ2v) is 10.2. The third-order valence-electron chi connectivity index (χ3n) is 5.23. The molecule has 1 saturated heterocycles. The molecule has 1 aliphatic heterocycles. The van der Waals surface area contributed by atoms with E-state index in [0.717, 1.165) is 11.3 Å². The number of halogens is 2. The number of fused-ring (bicyclic) bond motifs is 1. The average Bonchev–Trinajstić information content (AvgIpc) is 3.04. The highest BCUT2D eigenvalue weighted by Crippen LogP contribution is 2.34. The summed E-state index contributed by atoms with van der Waals surface area (Å²) in [5, 5.41) is 1.51. The van der Waals surface area contributed by atoms with Crippen molar-refractivity contribution in [3.63, 3.8) is 0 Å². The van der Waals surface area contributed by atoms with Crippen LogP contribution in [0, 0.1) is 0 Å².